The van der Waals surface area contributed by atoms with Crippen LogP contribution in [0.4, 0.5) is 0 Å². The van der Waals surface area contributed by atoms with Gasteiger partial charge in [0, 0.05) is 18.6 Å². The summed E-state index contributed by atoms with van der Waals surface area (Å²) in [6, 6.07) is 0.821. The first-order chi connectivity index (χ1) is 8.67. The molecule has 106 valence electrons. The number of hydrogen-bond donors (Lipinski definition) is 2. The minimum Gasteiger partial charge on any atom is -0.353 e. The molecule has 0 aromatic heterocycles. The van der Waals surface area contributed by atoms with Crippen molar-refractivity contribution in [3.8, 4) is 0 Å². The molecule has 1 aliphatic heterocycles. The minimum atomic E-state index is 0.170. The number of amides is 1. The van der Waals surface area contributed by atoms with Gasteiger partial charge in [-0.2, -0.15) is 0 Å². The maximum Gasteiger partial charge on any atom is 0.234 e. The zero-order valence-corrected chi connectivity index (χ0v) is 12.2. The monoisotopic (exact) mass is 255 g/mol. The molecule has 18 heavy (non-hydrogen) atoms. The van der Waals surface area contributed by atoms with Gasteiger partial charge < -0.3 is 10.6 Å². The second-order valence-corrected chi connectivity index (χ2v) is 5.32. The van der Waals surface area contributed by atoms with E-state index in [1.807, 2.05) is 0 Å². The van der Waals surface area contributed by atoms with Gasteiger partial charge in [0.05, 0.1) is 6.54 Å². The predicted octanol–water partition coefficient (Wildman–Crippen LogP) is 1.37. The molecule has 4 nitrogen and oxygen atoms in total. The third-order valence-electron chi connectivity index (χ3n) is 3.67. The van der Waals surface area contributed by atoms with Gasteiger partial charge in [0.2, 0.25) is 5.91 Å². The van der Waals surface area contributed by atoms with E-state index in [-0.39, 0.29) is 5.91 Å². The topological polar surface area (TPSA) is 44.4 Å². The highest BCUT2D eigenvalue weighted by molar-refractivity contribution is 5.78. The lowest BCUT2D eigenvalue weighted by atomic mass is 10.1. The van der Waals surface area contributed by atoms with Crippen LogP contribution in [0.1, 0.15) is 46.5 Å². The van der Waals surface area contributed by atoms with Crippen LogP contribution < -0.4 is 10.6 Å². The van der Waals surface area contributed by atoms with Crippen LogP contribution in [-0.4, -0.2) is 49.1 Å². The van der Waals surface area contributed by atoms with E-state index in [0.717, 1.165) is 32.5 Å². The number of carbonyl (C=O) groups excluding carboxylic acids is 1. The summed E-state index contributed by atoms with van der Waals surface area (Å²) in [5.74, 6) is 0.170. The fourth-order valence-electron chi connectivity index (χ4n) is 2.65. The molecule has 0 saturated carbocycles. The summed E-state index contributed by atoms with van der Waals surface area (Å²) in [5, 5.41) is 6.49. The Morgan fingerprint density at radius 2 is 2.28 bits per heavy atom. The van der Waals surface area contributed by atoms with Crippen LogP contribution in [0.15, 0.2) is 0 Å². The van der Waals surface area contributed by atoms with E-state index in [9.17, 15) is 4.79 Å². The van der Waals surface area contributed by atoms with Gasteiger partial charge in [-0.3, -0.25) is 9.69 Å². The Balaban J connectivity index is 2.34. The minimum absolute atomic E-state index is 0.170. The van der Waals surface area contributed by atoms with Gasteiger partial charge in [-0.25, -0.2) is 0 Å². The first-order valence-electron chi connectivity index (χ1n) is 7.41. The van der Waals surface area contributed by atoms with Crippen molar-refractivity contribution in [2.75, 3.05) is 26.2 Å². The van der Waals surface area contributed by atoms with Crippen molar-refractivity contribution in [2.45, 2.75) is 58.5 Å². The van der Waals surface area contributed by atoms with E-state index in [1.165, 1.54) is 12.8 Å². The van der Waals surface area contributed by atoms with Crippen LogP contribution in [0.5, 0.6) is 0 Å². The summed E-state index contributed by atoms with van der Waals surface area (Å²) < 4.78 is 0. The standard InChI is InChI=1S/C14H29N3O/c1-4-7-12(3)16-14(18)11-17(5-2)13-8-6-9-15-10-13/h12-13,15H,4-11H2,1-3H3,(H,16,18). The van der Waals surface area contributed by atoms with E-state index in [1.54, 1.807) is 0 Å². The molecule has 0 radical (unpaired) electrons. The van der Waals surface area contributed by atoms with Crippen molar-refractivity contribution in [1.29, 1.82) is 0 Å². The molecular formula is C14H29N3O. The summed E-state index contributed by atoms with van der Waals surface area (Å²) in [7, 11) is 0. The summed E-state index contributed by atoms with van der Waals surface area (Å²) in [6.45, 7) is 9.99. The molecule has 0 aromatic carbocycles. The van der Waals surface area contributed by atoms with Gasteiger partial charge in [-0.15, -0.1) is 0 Å². The Bertz CT molecular complexity index is 239. The largest absolute Gasteiger partial charge is 0.353 e. The Morgan fingerprint density at radius 3 is 2.83 bits per heavy atom. The average molecular weight is 255 g/mol. The lowest BCUT2D eigenvalue weighted by Gasteiger charge is -2.33. The molecule has 1 aliphatic rings. The summed E-state index contributed by atoms with van der Waals surface area (Å²) in [4.78, 5) is 14.3. The number of nitrogens with zero attached hydrogens (tertiary/aromatic N) is 1. The van der Waals surface area contributed by atoms with Crippen molar-refractivity contribution in [3.05, 3.63) is 0 Å². The fourth-order valence-corrected chi connectivity index (χ4v) is 2.65. The Kier molecular flexibility index (Phi) is 7.28. The molecular weight excluding hydrogens is 226 g/mol. The third-order valence-corrected chi connectivity index (χ3v) is 3.67. The molecule has 1 fully saturated rings. The van der Waals surface area contributed by atoms with E-state index >= 15 is 0 Å². The number of piperidine rings is 1. The van der Waals surface area contributed by atoms with Crippen LogP contribution in [0.3, 0.4) is 0 Å². The fraction of sp³-hybridized carbons (Fsp3) is 0.929. The quantitative estimate of drug-likeness (QED) is 0.722. The molecule has 1 saturated heterocycles. The molecule has 1 amide bonds. The van der Waals surface area contributed by atoms with E-state index in [4.69, 9.17) is 0 Å². The second kappa shape index (κ2) is 8.48. The first kappa shape index (κ1) is 15.4. The van der Waals surface area contributed by atoms with Gasteiger partial charge in [0.15, 0.2) is 0 Å². The highest BCUT2D eigenvalue weighted by atomic mass is 16.2. The highest BCUT2D eigenvalue weighted by Crippen LogP contribution is 2.09. The molecule has 2 N–H and O–H groups in total. The zero-order chi connectivity index (χ0) is 13.4. The van der Waals surface area contributed by atoms with Crippen LogP contribution in [0.25, 0.3) is 0 Å². The number of likely N-dealkylation sites (N-methyl/N-ethyl adjacent to an activating group) is 1. The van der Waals surface area contributed by atoms with E-state index < -0.39 is 0 Å². The molecule has 0 aromatic rings. The van der Waals surface area contributed by atoms with Gasteiger partial charge >= 0.3 is 0 Å². The molecule has 2 unspecified atom stereocenters. The third kappa shape index (κ3) is 5.36. The molecule has 0 spiro atoms. The molecule has 0 aliphatic carbocycles. The number of rotatable bonds is 7. The smallest absolute Gasteiger partial charge is 0.234 e. The maximum absolute atomic E-state index is 12.0. The summed E-state index contributed by atoms with van der Waals surface area (Å²) >= 11 is 0. The van der Waals surface area contributed by atoms with E-state index in [2.05, 4.69) is 36.3 Å². The van der Waals surface area contributed by atoms with Gasteiger partial charge in [0.1, 0.15) is 0 Å². The Morgan fingerprint density at radius 1 is 1.50 bits per heavy atom. The van der Waals surface area contributed by atoms with Crippen molar-refractivity contribution in [2.24, 2.45) is 0 Å². The number of nitrogens with one attached hydrogen (secondary N) is 2. The predicted molar refractivity (Wildman–Crippen MR) is 75.7 cm³/mol. The second-order valence-electron chi connectivity index (χ2n) is 5.32. The van der Waals surface area contributed by atoms with Crippen LogP contribution in [-0.2, 0) is 4.79 Å². The molecule has 1 heterocycles. The van der Waals surface area contributed by atoms with Crippen LogP contribution >= 0.6 is 0 Å². The average Bonchev–Trinajstić information content (AvgIpc) is 2.37. The molecule has 0 bridgehead atoms. The normalized spacial score (nSPS) is 21.9. The van der Waals surface area contributed by atoms with Gasteiger partial charge in [-0.1, -0.05) is 20.3 Å². The van der Waals surface area contributed by atoms with Crippen molar-refractivity contribution < 1.29 is 4.79 Å². The van der Waals surface area contributed by atoms with Gasteiger partial charge in [0.25, 0.3) is 0 Å². The highest BCUT2D eigenvalue weighted by Gasteiger charge is 2.21. The zero-order valence-electron chi connectivity index (χ0n) is 12.2. The summed E-state index contributed by atoms with van der Waals surface area (Å²) in [5.41, 5.74) is 0. The SMILES string of the molecule is CCCC(C)NC(=O)CN(CC)C1CCCNC1. The van der Waals surface area contributed by atoms with Crippen molar-refractivity contribution >= 4 is 5.91 Å². The Labute approximate surface area is 111 Å². The first-order valence-corrected chi connectivity index (χ1v) is 7.41. The number of carbonyl (C=O) groups is 1. The van der Waals surface area contributed by atoms with Gasteiger partial charge in [-0.05, 0) is 39.3 Å². The lowest BCUT2D eigenvalue weighted by molar-refractivity contribution is -0.123. The maximum atomic E-state index is 12.0. The van der Waals surface area contributed by atoms with Crippen LogP contribution in [0, 0.1) is 0 Å². The lowest BCUT2D eigenvalue weighted by Crippen LogP contribution is -2.50. The molecule has 4 heteroatoms. The molecule has 1 rings (SSSR count). The summed E-state index contributed by atoms with van der Waals surface area (Å²) in [6.07, 6.45) is 4.60. The Hall–Kier alpha value is -0.610. The van der Waals surface area contributed by atoms with E-state index in [0.29, 0.717) is 18.6 Å². The molecule has 2 atom stereocenters. The van der Waals surface area contributed by atoms with Crippen molar-refractivity contribution in [1.82, 2.24) is 15.5 Å². The van der Waals surface area contributed by atoms with Crippen LogP contribution in [0.2, 0.25) is 0 Å². The van der Waals surface area contributed by atoms with Crippen molar-refractivity contribution in [3.63, 3.8) is 0 Å². The number of hydrogen-bond acceptors (Lipinski definition) is 3.